The Morgan fingerprint density at radius 3 is 2.14 bits per heavy atom. The number of sulfonamides is 1. The van der Waals surface area contributed by atoms with Crippen molar-refractivity contribution in [2.24, 2.45) is 0 Å². The van der Waals surface area contributed by atoms with Gasteiger partial charge in [0.15, 0.2) is 0 Å². The number of carbonyl (C=O) groups excluding carboxylic acids is 2. The summed E-state index contributed by atoms with van der Waals surface area (Å²) >= 11 is 18.9. The normalized spacial score (nSPS) is 12.2. The topological polar surface area (TPSA) is 96.0 Å². The number of halogens is 3. The lowest BCUT2D eigenvalue weighted by molar-refractivity contribution is -0.140. The van der Waals surface area contributed by atoms with E-state index in [0.717, 1.165) is 10.6 Å². The second-order valence-electron chi connectivity index (χ2n) is 8.40. The van der Waals surface area contributed by atoms with Gasteiger partial charge in [0.05, 0.1) is 24.1 Å². The molecule has 0 saturated carbocycles. The first-order chi connectivity index (χ1) is 16.8. The number of methoxy groups -OCH3 is 1. The number of nitrogens with zero attached hydrogens (tertiary/aromatic N) is 2. The van der Waals surface area contributed by atoms with E-state index in [0.29, 0.717) is 21.4 Å². The van der Waals surface area contributed by atoms with Crippen molar-refractivity contribution in [2.75, 3.05) is 24.2 Å². The monoisotopic (exact) mass is 577 g/mol. The molecule has 0 heterocycles. The molecule has 198 valence electrons. The summed E-state index contributed by atoms with van der Waals surface area (Å²) in [6.07, 6.45) is 1.26. The van der Waals surface area contributed by atoms with Gasteiger partial charge in [0.2, 0.25) is 21.8 Å². The predicted molar refractivity (Wildman–Crippen MR) is 145 cm³/mol. The van der Waals surface area contributed by atoms with Crippen LogP contribution >= 0.6 is 34.8 Å². The van der Waals surface area contributed by atoms with Crippen LogP contribution in [0.15, 0.2) is 36.4 Å². The lowest BCUT2D eigenvalue weighted by Crippen LogP contribution is -2.53. The molecule has 0 aliphatic rings. The van der Waals surface area contributed by atoms with Crippen molar-refractivity contribution in [1.29, 1.82) is 0 Å². The van der Waals surface area contributed by atoms with Crippen LogP contribution in [-0.4, -0.2) is 57.1 Å². The Bertz CT molecular complexity index is 1190. The number of nitrogens with one attached hydrogen (secondary N) is 1. The lowest BCUT2D eigenvalue weighted by Gasteiger charge is -2.33. The van der Waals surface area contributed by atoms with Crippen molar-refractivity contribution < 1.29 is 22.7 Å². The van der Waals surface area contributed by atoms with Gasteiger partial charge in [0, 0.05) is 28.2 Å². The SMILES string of the molecule is CC[C@H](C(=O)NC(C)C)N(Cc1c(Cl)cccc1Cl)C(=O)CN(c1ccc(OC)c(Cl)c1)S(C)(=O)=O. The zero-order valence-corrected chi connectivity index (χ0v) is 23.8. The molecule has 0 spiro atoms. The van der Waals surface area contributed by atoms with Gasteiger partial charge in [-0.05, 0) is 50.6 Å². The highest BCUT2D eigenvalue weighted by Gasteiger charge is 2.33. The number of hydrogen-bond donors (Lipinski definition) is 1. The third-order valence-electron chi connectivity index (χ3n) is 5.31. The minimum absolute atomic E-state index is 0.0949. The van der Waals surface area contributed by atoms with Crippen molar-refractivity contribution in [3.05, 3.63) is 57.0 Å². The first kappa shape index (κ1) is 30.0. The Morgan fingerprint density at radius 1 is 1.06 bits per heavy atom. The molecule has 0 saturated heterocycles. The summed E-state index contributed by atoms with van der Waals surface area (Å²) in [6.45, 7) is 4.70. The van der Waals surface area contributed by atoms with Gasteiger partial charge in [-0.2, -0.15) is 0 Å². The van der Waals surface area contributed by atoms with Crippen LogP contribution in [0.4, 0.5) is 5.69 Å². The highest BCUT2D eigenvalue weighted by molar-refractivity contribution is 7.92. The molecule has 0 unspecified atom stereocenters. The minimum atomic E-state index is -3.91. The van der Waals surface area contributed by atoms with Gasteiger partial charge in [-0.1, -0.05) is 47.8 Å². The summed E-state index contributed by atoms with van der Waals surface area (Å²) in [6, 6.07) is 8.25. The molecule has 12 heteroatoms. The number of carbonyl (C=O) groups is 2. The zero-order chi connectivity index (χ0) is 27.2. The maximum Gasteiger partial charge on any atom is 0.244 e. The van der Waals surface area contributed by atoms with Gasteiger partial charge < -0.3 is 15.0 Å². The molecule has 8 nitrogen and oxygen atoms in total. The van der Waals surface area contributed by atoms with Crippen LogP contribution < -0.4 is 14.4 Å². The molecule has 0 aliphatic heterocycles. The third kappa shape index (κ3) is 7.65. The van der Waals surface area contributed by atoms with E-state index in [1.54, 1.807) is 39.0 Å². The molecule has 2 aromatic rings. The number of hydrogen-bond acceptors (Lipinski definition) is 5. The highest BCUT2D eigenvalue weighted by atomic mass is 35.5. The van der Waals surface area contributed by atoms with Gasteiger partial charge in [-0.3, -0.25) is 13.9 Å². The van der Waals surface area contributed by atoms with E-state index >= 15 is 0 Å². The largest absolute Gasteiger partial charge is 0.495 e. The number of benzene rings is 2. The maximum absolute atomic E-state index is 13.7. The predicted octanol–water partition coefficient (Wildman–Crippen LogP) is 4.75. The molecule has 2 aromatic carbocycles. The van der Waals surface area contributed by atoms with Crippen LogP contribution in [0, 0.1) is 0 Å². The van der Waals surface area contributed by atoms with Crippen LogP contribution in [0.25, 0.3) is 0 Å². The Hall–Kier alpha value is -2.20. The van der Waals surface area contributed by atoms with Crippen LogP contribution in [0.1, 0.15) is 32.8 Å². The second kappa shape index (κ2) is 12.9. The third-order valence-corrected chi connectivity index (χ3v) is 7.45. The van der Waals surface area contributed by atoms with Crippen molar-refractivity contribution >= 4 is 62.3 Å². The summed E-state index contributed by atoms with van der Waals surface area (Å²) in [7, 11) is -2.48. The summed E-state index contributed by atoms with van der Waals surface area (Å²) in [5.41, 5.74) is 0.621. The number of anilines is 1. The molecule has 0 radical (unpaired) electrons. The Balaban J connectivity index is 2.53. The molecule has 1 N–H and O–H groups in total. The van der Waals surface area contributed by atoms with Gasteiger partial charge in [-0.25, -0.2) is 8.42 Å². The first-order valence-corrected chi connectivity index (χ1v) is 14.1. The van der Waals surface area contributed by atoms with E-state index in [-0.39, 0.29) is 35.6 Å². The summed E-state index contributed by atoms with van der Waals surface area (Å²) < 4.78 is 31.5. The van der Waals surface area contributed by atoms with Gasteiger partial charge in [0.1, 0.15) is 18.3 Å². The summed E-state index contributed by atoms with van der Waals surface area (Å²) in [4.78, 5) is 28.0. The van der Waals surface area contributed by atoms with E-state index in [4.69, 9.17) is 39.5 Å². The van der Waals surface area contributed by atoms with Crippen LogP contribution in [0.2, 0.25) is 15.1 Å². The molecule has 2 rings (SSSR count). The maximum atomic E-state index is 13.7. The van der Waals surface area contributed by atoms with E-state index in [2.05, 4.69) is 5.32 Å². The summed E-state index contributed by atoms with van der Waals surface area (Å²) in [5.74, 6) is -0.636. The molecular weight excluding hydrogens is 549 g/mol. The lowest BCUT2D eigenvalue weighted by atomic mass is 10.1. The van der Waals surface area contributed by atoms with E-state index in [9.17, 15) is 18.0 Å². The molecule has 0 fully saturated rings. The minimum Gasteiger partial charge on any atom is -0.495 e. The number of ether oxygens (including phenoxy) is 1. The average molecular weight is 579 g/mol. The number of rotatable bonds is 11. The molecule has 0 aliphatic carbocycles. The summed E-state index contributed by atoms with van der Waals surface area (Å²) in [5, 5.41) is 3.64. The number of amides is 2. The van der Waals surface area contributed by atoms with E-state index in [1.165, 1.54) is 30.2 Å². The van der Waals surface area contributed by atoms with Crippen molar-refractivity contribution in [1.82, 2.24) is 10.2 Å². The fourth-order valence-corrected chi connectivity index (χ4v) is 5.19. The van der Waals surface area contributed by atoms with E-state index < -0.39 is 28.5 Å². The molecular formula is C24H30Cl3N3O5S. The van der Waals surface area contributed by atoms with E-state index in [1.807, 2.05) is 0 Å². The van der Waals surface area contributed by atoms with Crippen LogP contribution in [0.3, 0.4) is 0 Å². The van der Waals surface area contributed by atoms with Gasteiger partial charge in [0.25, 0.3) is 0 Å². The molecule has 36 heavy (non-hydrogen) atoms. The highest BCUT2D eigenvalue weighted by Crippen LogP contribution is 2.31. The quantitative estimate of drug-likeness (QED) is 0.415. The van der Waals surface area contributed by atoms with Gasteiger partial charge >= 0.3 is 0 Å². The Labute approximate surface area is 227 Å². The Morgan fingerprint density at radius 2 is 1.67 bits per heavy atom. The standard InChI is InChI=1S/C24H30Cl3N3O5S/c1-6-21(24(32)28-15(2)3)29(13-17-18(25)8-7-9-19(17)26)23(31)14-30(36(5,33)34)16-10-11-22(35-4)20(27)12-16/h7-12,15,21H,6,13-14H2,1-5H3,(H,28,32)/t21-/m1/s1. The van der Waals surface area contributed by atoms with Crippen LogP contribution in [0.5, 0.6) is 5.75 Å². The van der Waals surface area contributed by atoms with Gasteiger partial charge in [-0.15, -0.1) is 0 Å². The fraction of sp³-hybridized carbons (Fsp3) is 0.417. The molecule has 2 amide bonds. The van der Waals surface area contributed by atoms with Crippen molar-refractivity contribution in [3.63, 3.8) is 0 Å². The van der Waals surface area contributed by atoms with Crippen LogP contribution in [-0.2, 0) is 26.2 Å². The van der Waals surface area contributed by atoms with Crippen molar-refractivity contribution in [2.45, 2.75) is 45.8 Å². The molecule has 0 aromatic heterocycles. The first-order valence-electron chi connectivity index (χ1n) is 11.1. The fourth-order valence-electron chi connectivity index (χ4n) is 3.58. The zero-order valence-electron chi connectivity index (χ0n) is 20.7. The Kier molecular flexibility index (Phi) is 10.7. The second-order valence-corrected chi connectivity index (χ2v) is 11.5. The molecule has 1 atom stereocenters. The van der Waals surface area contributed by atoms with Crippen molar-refractivity contribution in [3.8, 4) is 5.75 Å². The molecule has 0 bridgehead atoms. The smallest absolute Gasteiger partial charge is 0.244 e. The average Bonchev–Trinajstić information content (AvgIpc) is 2.77.